The molecule has 5 N–H and O–H groups in total. The molecule has 1 saturated carbocycles. The van der Waals surface area contributed by atoms with Gasteiger partial charge in [-0.25, -0.2) is 13.8 Å². The van der Waals surface area contributed by atoms with E-state index in [0.29, 0.717) is 36.8 Å². The second kappa shape index (κ2) is 14.5. The lowest BCUT2D eigenvalue weighted by Crippen LogP contribution is -2.64. The summed E-state index contributed by atoms with van der Waals surface area (Å²) in [5, 5.41) is 35.9. The van der Waals surface area contributed by atoms with Crippen LogP contribution in [0.15, 0.2) is 77.5 Å². The van der Waals surface area contributed by atoms with Gasteiger partial charge < -0.3 is 25.3 Å². The molecule has 1 aliphatic carbocycles. The van der Waals surface area contributed by atoms with Crippen molar-refractivity contribution >= 4 is 29.0 Å². The van der Waals surface area contributed by atoms with Crippen molar-refractivity contribution in [3.05, 3.63) is 88.9 Å². The van der Waals surface area contributed by atoms with Gasteiger partial charge in [0, 0.05) is 35.8 Å². The Bertz CT molecular complexity index is 1500. The Morgan fingerprint density at radius 3 is 2.73 bits per heavy atom. The Morgan fingerprint density at radius 1 is 1.36 bits per heavy atom. The van der Waals surface area contributed by atoms with Gasteiger partial charge in [-0.15, -0.1) is 0 Å². The average Bonchev–Trinajstić information content (AvgIpc) is 2.97. The van der Waals surface area contributed by atoms with Gasteiger partial charge in [0.2, 0.25) is 5.91 Å². The third kappa shape index (κ3) is 8.27. The number of aliphatic hydroxyl groups is 2. The van der Waals surface area contributed by atoms with E-state index in [2.05, 4.69) is 22.9 Å². The second-order valence-corrected chi connectivity index (χ2v) is 12.3. The van der Waals surface area contributed by atoms with Crippen molar-refractivity contribution in [3.8, 4) is 6.07 Å². The molecule has 2 aliphatic rings. The van der Waals surface area contributed by atoms with Crippen LogP contribution in [0.5, 0.6) is 0 Å². The van der Waals surface area contributed by atoms with Crippen LogP contribution < -0.4 is 20.9 Å². The number of nitrogens with one attached hydrogen (secondary N) is 1. The lowest BCUT2D eigenvalue weighted by atomic mass is 9.84. The Labute approximate surface area is 267 Å². The maximum atomic E-state index is 14.7. The van der Waals surface area contributed by atoms with Gasteiger partial charge in [0.25, 0.3) is 0 Å². The highest BCUT2D eigenvalue weighted by Crippen LogP contribution is 2.36. The number of rotatable bonds is 11. The lowest BCUT2D eigenvalue weighted by molar-refractivity contribution is -0.124. The average molecular weight is 641 g/mol. The molecule has 0 spiro atoms. The molecule has 9 nitrogen and oxygen atoms in total. The van der Waals surface area contributed by atoms with Gasteiger partial charge in [0.15, 0.2) is 5.79 Å². The number of aliphatic hydroxyl groups excluding tert-OH is 2. The molecule has 2 heterocycles. The minimum absolute atomic E-state index is 0.0908. The van der Waals surface area contributed by atoms with Crippen LogP contribution in [0.2, 0.25) is 0 Å². The fourth-order valence-electron chi connectivity index (χ4n) is 5.83. The summed E-state index contributed by atoms with van der Waals surface area (Å²) in [4.78, 5) is 21.3. The Kier molecular flexibility index (Phi) is 11.0. The van der Waals surface area contributed by atoms with Crippen molar-refractivity contribution in [2.45, 2.75) is 88.7 Å². The summed E-state index contributed by atoms with van der Waals surface area (Å²) in [5.41, 5.74) is 7.26. The van der Waals surface area contributed by atoms with E-state index in [0.717, 1.165) is 5.57 Å². The molecule has 45 heavy (non-hydrogen) atoms. The highest BCUT2D eigenvalue weighted by Gasteiger charge is 2.46. The molecular formula is C33H39ClF2N6O3. The standard InChI is InChI=1S/C33H39ClF2N6O3/c1-20(2)7-4-10-26(34)21(3)30(31(44)40-24-17-33(36,38)18-24)41(25-9-5-8-23(35)16-25)32(45)27-11-6-12-29(43)42(27)28-15-22(19-37)13-14-39-28/h4-5,8-10,13-16,24,27,29-30,32,43,45H,1,6-7,11-12,17-18,38H2,2-3H3,(H,40,44)/b10-4-,26-21-/t24?,27-,29?,30+,32?,33?/m0/s1. The third-order valence-corrected chi connectivity index (χ3v) is 8.50. The number of carbonyl (C=O) groups excluding carboxylic acids is 1. The summed E-state index contributed by atoms with van der Waals surface area (Å²) in [5.74, 6) is -2.84. The van der Waals surface area contributed by atoms with Crippen molar-refractivity contribution in [2.24, 2.45) is 5.73 Å². The molecule has 0 radical (unpaired) electrons. The molecule has 1 amide bonds. The third-order valence-electron chi connectivity index (χ3n) is 8.08. The van der Waals surface area contributed by atoms with Gasteiger partial charge >= 0.3 is 0 Å². The number of allylic oxidation sites excluding steroid dienone is 4. The Hall–Kier alpha value is -3.82. The van der Waals surface area contributed by atoms with Crippen LogP contribution in [0.4, 0.5) is 20.3 Å². The Morgan fingerprint density at radius 2 is 2.09 bits per heavy atom. The van der Waals surface area contributed by atoms with Crippen LogP contribution in [0.1, 0.15) is 57.9 Å². The van der Waals surface area contributed by atoms with E-state index in [1.165, 1.54) is 46.3 Å². The first-order chi connectivity index (χ1) is 21.3. The minimum Gasteiger partial charge on any atom is -0.374 e. The predicted molar refractivity (Wildman–Crippen MR) is 170 cm³/mol. The first kappa shape index (κ1) is 34.1. The number of halogens is 3. The number of amides is 1. The van der Waals surface area contributed by atoms with Crippen molar-refractivity contribution in [2.75, 3.05) is 9.80 Å². The van der Waals surface area contributed by atoms with E-state index in [1.807, 2.05) is 6.92 Å². The molecule has 240 valence electrons. The van der Waals surface area contributed by atoms with E-state index >= 15 is 0 Å². The van der Waals surface area contributed by atoms with Gasteiger partial charge in [-0.2, -0.15) is 5.26 Å². The number of aromatic nitrogens is 1. The molecular weight excluding hydrogens is 602 g/mol. The molecule has 12 heteroatoms. The zero-order chi connectivity index (χ0) is 32.9. The smallest absolute Gasteiger partial charge is 0.247 e. The molecule has 4 rings (SSSR count). The highest BCUT2D eigenvalue weighted by atomic mass is 35.5. The summed E-state index contributed by atoms with van der Waals surface area (Å²) in [6.07, 6.45) is 3.89. The van der Waals surface area contributed by atoms with Gasteiger partial charge in [0.05, 0.1) is 17.7 Å². The van der Waals surface area contributed by atoms with E-state index in [-0.39, 0.29) is 29.4 Å². The molecule has 4 atom stereocenters. The highest BCUT2D eigenvalue weighted by molar-refractivity contribution is 6.31. The van der Waals surface area contributed by atoms with Gasteiger partial charge in [-0.3, -0.25) is 10.5 Å². The van der Waals surface area contributed by atoms with E-state index in [9.17, 15) is 29.1 Å². The zero-order valence-corrected chi connectivity index (χ0v) is 26.1. The monoisotopic (exact) mass is 640 g/mol. The molecule has 1 aromatic heterocycles. The fraction of sp³-hybridized carbons (Fsp3) is 0.424. The maximum absolute atomic E-state index is 14.7. The van der Waals surface area contributed by atoms with Crippen LogP contribution in [-0.4, -0.2) is 57.5 Å². The first-order valence-electron chi connectivity index (χ1n) is 14.8. The molecule has 1 aliphatic heterocycles. The summed E-state index contributed by atoms with van der Waals surface area (Å²) >= 11 is 6.75. The van der Waals surface area contributed by atoms with Gasteiger partial charge in [-0.1, -0.05) is 35.9 Å². The van der Waals surface area contributed by atoms with Crippen LogP contribution in [-0.2, 0) is 4.79 Å². The van der Waals surface area contributed by atoms with Crippen LogP contribution in [0.3, 0.4) is 0 Å². The van der Waals surface area contributed by atoms with Crippen LogP contribution in [0.25, 0.3) is 0 Å². The van der Waals surface area contributed by atoms with E-state index < -0.39 is 48.1 Å². The van der Waals surface area contributed by atoms with E-state index in [1.54, 1.807) is 25.1 Å². The summed E-state index contributed by atoms with van der Waals surface area (Å²) in [6.45, 7) is 7.37. The molecule has 2 fully saturated rings. The van der Waals surface area contributed by atoms with Crippen molar-refractivity contribution in [1.29, 1.82) is 5.26 Å². The topological polar surface area (TPSA) is 139 Å². The number of nitrogens with two attached hydrogens (primary N) is 1. The summed E-state index contributed by atoms with van der Waals surface area (Å²) in [6, 6.07) is 7.81. The number of hydrogen-bond donors (Lipinski definition) is 4. The lowest BCUT2D eigenvalue weighted by Gasteiger charge is -2.48. The van der Waals surface area contributed by atoms with Gasteiger partial charge in [-0.05, 0) is 81.5 Å². The fourth-order valence-corrected chi connectivity index (χ4v) is 6.02. The Balaban J connectivity index is 1.84. The number of piperidine rings is 1. The first-order valence-corrected chi connectivity index (χ1v) is 15.2. The summed E-state index contributed by atoms with van der Waals surface area (Å²) in [7, 11) is 0. The number of hydrogen-bond acceptors (Lipinski definition) is 8. The number of carbonyl (C=O) groups is 1. The maximum Gasteiger partial charge on any atom is 0.247 e. The number of nitriles is 1. The van der Waals surface area contributed by atoms with Crippen molar-refractivity contribution < 1.29 is 23.8 Å². The molecule has 1 saturated heterocycles. The molecule has 0 bridgehead atoms. The quantitative estimate of drug-likeness (QED) is 0.118. The van der Waals surface area contributed by atoms with Crippen molar-refractivity contribution in [1.82, 2.24) is 10.3 Å². The molecule has 1 aromatic carbocycles. The minimum atomic E-state index is -1.90. The number of pyridine rings is 1. The number of nitrogens with zero attached hydrogens (tertiary/aromatic N) is 4. The van der Waals surface area contributed by atoms with Crippen LogP contribution in [0, 0.1) is 17.1 Å². The van der Waals surface area contributed by atoms with Crippen molar-refractivity contribution in [3.63, 3.8) is 0 Å². The zero-order valence-electron chi connectivity index (χ0n) is 25.3. The normalized spacial score (nSPS) is 25.0. The number of alkyl halides is 1. The van der Waals surface area contributed by atoms with Crippen LogP contribution >= 0.6 is 11.6 Å². The summed E-state index contributed by atoms with van der Waals surface area (Å²) < 4.78 is 28.9. The van der Waals surface area contributed by atoms with Gasteiger partial charge in [0.1, 0.15) is 30.1 Å². The SMILES string of the molecule is C=C(C)C/C=C\C(Cl)=C(/C)[C@H](C(=O)NC1CC(N)(F)C1)N(c1cccc(F)c1)C(O)[C@@H]1CCCC(O)N1c1cc(C#N)ccn1. The molecule has 2 aromatic rings. The number of benzene rings is 1. The predicted octanol–water partition coefficient (Wildman–Crippen LogP) is 4.90. The second-order valence-electron chi connectivity index (χ2n) is 11.8. The molecule has 2 unspecified atom stereocenters. The largest absolute Gasteiger partial charge is 0.374 e. The van der Waals surface area contributed by atoms with E-state index in [4.69, 9.17) is 17.3 Å². The number of anilines is 2.